The Morgan fingerprint density at radius 3 is 2.50 bits per heavy atom. The quantitative estimate of drug-likeness (QED) is 0.820. The number of aromatic nitrogens is 1. The standard InChI is InChI=1S/C16H17NO/c1-12-5-6-14(8-13(12)2)9-16(18)10-15-4-3-7-17-11-15/h3-8,11H,9-10H2,1-2H3. The highest BCUT2D eigenvalue weighted by molar-refractivity contribution is 5.83. The molecule has 2 rings (SSSR count). The van der Waals surface area contributed by atoms with Crippen LogP contribution >= 0.6 is 0 Å². The van der Waals surface area contributed by atoms with E-state index in [2.05, 4.69) is 31.0 Å². The van der Waals surface area contributed by atoms with Gasteiger partial charge in [-0.15, -0.1) is 0 Å². The topological polar surface area (TPSA) is 30.0 Å². The van der Waals surface area contributed by atoms with Gasteiger partial charge in [0.05, 0.1) is 0 Å². The number of rotatable bonds is 4. The van der Waals surface area contributed by atoms with Gasteiger partial charge in [-0.25, -0.2) is 0 Å². The lowest BCUT2D eigenvalue weighted by Crippen LogP contribution is -2.07. The van der Waals surface area contributed by atoms with Gasteiger partial charge in [0.15, 0.2) is 0 Å². The van der Waals surface area contributed by atoms with Crippen molar-refractivity contribution in [2.75, 3.05) is 0 Å². The third-order valence-corrected chi connectivity index (χ3v) is 3.10. The highest BCUT2D eigenvalue weighted by Gasteiger charge is 2.06. The maximum absolute atomic E-state index is 12.0. The molecule has 2 heteroatoms. The van der Waals surface area contributed by atoms with E-state index in [1.54, 1.807) is 12.4 Å². The van der Waals surface area contributed by atoms with Gasteiger partial charge in [0.2, 0.25) is 0 Å². The lowest BCUT2D eigenvalue weighted by atomic mass is 10.0. The Kier molecular flexibility index (Phi) is 3.88. The van der Waals surface area contributed by atoms with Crippen molar-refractivity contribution in [3.05, 3.63) is 65.0 Å². The first-order valence-corrected chi connectivity index (χ1v) is 6.12. The largest absolute Gasteiger partial charge is 0.299 e. The van der Waals surface area contributed by atoms with Gasteiger partial charge in [-0.1, -0.05) is 24.3 Å². The van der Waals surface area contributed by atoms with Crippen LogP contribution in [0.2, 0.25) is 0 Å². The Labute approximate surface area is 108 Å². The van der Waals surface area contributed by atoms with Gasteiger partial charge in [-0.2, -0.15) is 0 Å². The normalized spacial score (nSPS) is 10.3. The van der Waals surface area contributed by atoms with Crippen LogP contribution < -0.4 is 0 Å². The number of benzene rings is 1. The molecule has 0 saturated heterocycles. The molecule has 0 aliphatic rings. The summed E-state index contributed by atoms with van der Waals surface area (Å²) in [5.74, 6) is 0.228. The second-order valence-corrected chi connectivity index (χ2v) is 4.67. The average molecular weight is 239 g/mol. The predicted octanol–water partition coefficient (Wildman–Crippen LogP) is 3.05. The zero-order chi connectivity index (χ0) is 13.0. The molecule has 1 aromatic heterocycles. The van der Waals surface area contributed by atoms with E-state index in [4.69, 9.17) is 0 Å². The van der Waals surface area contributed by atoms with Crippen molar-refractivity contribution in [1.29, 1.82) is 0 Å². The molecule has 92 valence electrons. The third kappa shape index (κ3) is 3.27. The van der Waals surface area contributed by atoms with Crippen molar-refractivity contribution < 1.29 is 4.79 Å². The van der Waals surface area contributed by atoms with Crippen molar-refractivity contribution in [1.82, 2.24) is 4.98 Å². The number of ketones is 1. The SMILES string of the molecule is Cc1ccc(CC(=O)Cc2cccnc2)cc1C. The van der Waals surface area contributed by atoms with E-state index < -0.39 is 0 Å². The van der Waals surface area contributed by atoms with Crippen LogP contribution in [0.5, 0.6) is 0 Å². The smallest absolute Gasteiger partial charge is 0.141 e. The minimum atomic E-state index is 0.228. The van der Waals surface area contributed by atoms with Crippen molar-refractivity contribution in [3.8, 4) is 0 Å². The molecule has 0 spiro atoms. The molecule has 0 bridgehead atoms. The van der Waals surface area contributed by atoms with Gasteiger partial charge in [-0.05, 0) is 42.2 Å². The minimum Gasteiger partial charge on any atom is -0.299 e. The monoisotopic (exact) mass is 239 g/mol. The Bertz CT molecular complexity index is 546. The fraction of sp³-hybridized carbons (Fsp3) is 0.250. The fourth-order valence-electron chi connectivity index (χ4n) is 1.93. The third-order valence-electron chi connectivity index (χ3n) is 3.10. The Balaban J connectivity index is 2.01. The molecule has 0 aliphatic carbocycles. The zero-order valence-corrected chi connectivity index (χ0v) is 10.8. The van der Waals surface area contributed by atoms with Gasteiger partial charge in [-0.3, -0.25) is 9.78 Å². The number of carbonyl (C=O) groups excluding carboxylic acids is 1. The van der Waals surface area contributed by atoms with E-state index in [9.17, 15) is 4.79 Å². The molecule has 0 atom stereocenters. The van der Waals surface area contributed by atoms with Crippen molar-refractivity contribution in [3.63, 3.8) is 0 Å². The van der Waals surface area contributed by atoms with E-state index in [1.807, 2.05) is 18.2 Å². The first kappa shape index (κ1) is 12.5. The molecular weight excluding hydrogens is 222 g/mol. The summed E-state index contributed by atoms with van der Waals surface area (Å²) in [4.78, 5) is 16.0. The molecule has 0 saturated carbocycles. The van der Waals surface area contributed by atoms with Crippen molar-refractivity contribution >= 4 is 5.78 Å². The number of pyridine rings is 1. The Morgan fingerprint density at radius 2 is 1.83 bits per heavy atom. The summed E-state index contributed by atoms with van der Waals surface area (Å²) in [5, 5.41) is 0. The zero-order valence-electron chi connectivity index (χ0n) is 10.8. The molecule has 2 aromatic rings. The predicted molar refractivity (Wildman–Crippen MR) is 72.6 cm³/mol. The van der Waals surface area contributed by atoms with Crippen molar-refractivity contribution in [2.24, 2.45) is 0 Å². The van der Waals surface area contributed by atoms with Gasteiger partial charge >= 0.3 is 0 Å². The van der Waals surface area contributed by atoms with Crippen LogP contribution in [0.15, 0.2) is 42.7 Å². The average Bonchev–Trinajstić information content (AvgIpc) is 2.35. The summed E-state index contributed by atoms with van der Waals surface area (Å²) in [6, 6.07) is 9.99. The highest BCUT2D eigenvalue weighted by Crippen LogP contribution is 2.11. The summed E-state index contributed by atoms with van der Waals surface area (Å²) in [5.41, 5.74) is 4.57. The molecule has 2 nitrogen and oxygen atoms in total. The highest BCUT2D eigenvalue weighted by atomic mass is 16.1. The molecule has 0 N–H and O–H groups in total. The first-order valence-electron chi connectivity index (χ1n) is 6.12. The maximum atomic E-state index is 12.0. The molecule has 1 heterocycles. The number of nitrogens with zero attached hydrogens (tertiary/aromatic N) is 1. The van der Waals surface area contributed by atoms with Crippen LogP contribution in [-0.2, 0) is 17.6 Å². The van der Waals surface area contributed by atoms with Gasteiger partial charge < -0.3 is 0 Å². The van der Waals surface area contributed by atoms with Crippen LogP contribution in [0, 0.1) is 13.8 Å². The van der Waals surface area contributed by atoms with Crippen LogP contribution in [-0.4, -0.2) is 10.8 Å². The molecule has 1 aromatic carbocycles. The molecule has 0 aliphatic heterocycles. The first-order chi connectivity index (χ1) is 8.65. The number of Topliss-reactive ketones (excluding diaryl/α,β-unsaturated/α-hetero) is 1. The summed E-state index contributed by atoms with van der Waals surface area (Å²) in [7, 11) is 0. The van der Waals surface area contributed by atoms with Gasteiger partial charge in [0, 0.05) is 25.2 Å². The van der Waals surface area contributed by atoms with E-state index in [-0.39, 0.29) is 5.78 Å². The van der Waals surface area contributed by atoms with Crippen LogP contribution in [0.4, 0.5) is 0 Å². The summed E-state index contributed by atoms with van der Waals surface area (Å²) in [6.07, 6.45) is 4.42. The summed E-state index contributed by atoms with van der Waals surface area (Å²) < 4.78 is 0. The van der Waals surface area contributed by atoms with E-state index >= 15 is 0 Å². The van der Waals surface area contributed by atoms with Gasteiger partial charge in [0.25, 0.3) is 0 Å². The number of hydrogen-bond donors (Lipinski definition) is 0. The number of aryl methyl sites for hydroxylation is 2. The van der Waals surface area contributed by atoms with E-state index in [0.717, 1.165) is 11.1 Å². The van der Waals surface area contributed by atoms with E-state index in [1.165, 1.54) is 11.1 Å². The fourth-order valence-corrected chi connectivity index (χ4v) is 1.93. The molecule has 18 heavy (non-hydrogen) atoms. The Hall–Kier alpha value is -1.96. The molecule has 0 unspecified atom stereocenters. The van der Waals surface area contributed by atoms with Gasteiger partial charge in [0.1, 0.15) is 5.78 Å². The summed E-state index contributed by atoms with van der Waals surface area (Å²) >= 11 is 0. The molecule has 0 amide bonds. The van der Waals surface area contributed by atoms with Crippen molar-refractivity contribution in [2.45, 2.75) is 26.7 Å². The molecular formula is C16H17NO. The molecule has 0 radical (unpaired) electrons. The van der Waals surface area contributed by atoms with E-state index in [0.29, 0.717) is 12.8 Å². The second kappa shape index (κ2) is 5.58. The lowest BCUT2D eigenvalue weighted by molar-refractivity contribution is -0.117. The van der Waals surface area contributed by atoms with Crippen LogP contribution in [0.1, 0.15) is 22.3 Å². The molecule has 0 fully saturated rings. The minimum absolute atomic E-state index is 0.228. The number of carbonyl (C=O) groups is 1. The van der Waals surface area contributed by atoms with Crippen LogP contribution in [0.25, 0.3) is 0 Å². The second-order valence-electron chi connectivity index (χ2n) is 4.67. The summed E-state index contributed by atoms with van der Waals surface area (Å²) in [6.45, 7) is 4.15. The maximum Gasteiger partial charge on any atom is 0.141 e. The lowest BCUT2D eigenvalue weighted by Gasteiger charge is -2.05. The van der Waals surface area contributed by atoms with Crippen LogP contribution in [0.3, 0.4) is 0 Å². The number of hydrogen-bond acceptors (Lipinski definition) is 2. The Morgan fingerprint density at radius 1 is 1.06 bits per heavy atom.